The van der Waals surface area contributed by atoms with E-state index in [0.29, 0.717) is 24.3 Å². The van der Waals surface area contributed by atoms with Crippen molar-refractivity contribution in [3.05, 3.63) is 29.8 Å². The lowest BCUT2D eigenvalue weighted by Gasteiger charge is -2.29. The van der Waals surface area contributed by atoms with Crippen LogP contribution in [0.5, 0.6) is 0 Å². The minimum Gasteiger partial charge on any atom is -0.341 e. The second-order valence-corrected chi connectivity index (χ2v) is 6.86. The van der Waals surface area contributed by atoms with Crippen molar-refractivity contribution in [1.29, 1.82) is 0 Å². The van der Waals surface area contributed by atoms with Crippen molar-refractivity contribution in [2.75, 3.05) is 25.5 Å². The van der Waals surface area contributed by atoms with Crippen molar-refractivity contribution in [2.45, 2.75) is 33.7 Å². The highest BCUT2D eigenvalue weighted by molar-refractivity contribution is 5.96. The molecule has 0 atom stereocenters. The van der Waals surface area contributed by atoms with Crippen molar-refractivity contribution in [3.8, 4) is 0 Å². The van der Waals surface area contributed by atoms with Crippen LogP contribution >= 0.6 is 12.4 Å². The predicted octanol–water partition coefficient (Wildman–Crippen LogP) is 2.70. The summed E-state index contributed by atoms with van der Waals surface area (Å²) in [5.74, 6) is -0.0977. The first kappa shape index (κ1) is 22.2. The highest BCUT2D eigenvalue weighted by Gasteiger charge is 2.22. The van der Waals surface area contributed by atoms with Crippen molar-refractivity contribution in [3.63, 3.8) is 0 Å². The van der Waals surface area contributed by atoms with Gasteiger partial charge in [0, 0.05) is 30.9 Å². The normalized spacial score (nSPS) is 10.8. The topological polar surface area (TPSA) is 87.5 Å². The lowest BCUT2D eigenvalue weighted by atomic mass is 9.93. The van der Waals surface area contributed by atoms with Crippen molar-refractivity contribution < 1.29 is 9.59 Å². The van der Waals surface area contributed by atoms with Crippen LogP contribution in [0.4, 0.5) is 10.5 Å². The zero-order valence-electron chi connectivity index (χ0n) is 15.1. The van der Waals surface area contributed by atoms with Crippen LogP contribution in [-0.4, -0.2) is 43.0 Å². The van der Waals surface area contributed by atoms with Gasteiger partial charge in [-0.15, -0.1) is 12.4 Å². The molecule has 0 saturated carbocycles. The summed E-state index contributed by atoms with van der Waals surface area (Å²) in [4.78, 5) is 25.9. The van der Waals surface area contributed by atoms with Gasteiger partial charge in [0.1, 0.15) is 0 Å². The zero-order valence-corrected chi connectivity index (χ0v) is 15.9. The largest absolute Gasteiger partial charge is 0.341 e. The fourth-order valence-electron chi connectivity index (χ4n) is 2.16. The van der Waals surface area contributed by atoms with Crippen LogP contribution in [0.1, 0.15) is 38.1 Å². The molecule has 0 spiro atoms. The molecule has 0 heterocycles. The van der Waals surface area contributed by atoms with E-state index < -0.39 is 0 Å². The van der Waals surface area contributed by atoms with E-state index in [1.807, 2.05) is 27.7 Å². The molecule has 1 aromatic carbocycles. The van der Waals surface area contributed by atoms with Gasteiger partial charge in [-0.2, -0.15) is 0 Å². The number of rotatable bonds is 6. The molecule has 136 valence electrons. The molecule has 7 heteroatoms. The average Bonchev–Trinajstić information content (AvgIpc) is 2.45. The maximum atomic E-state index is 12.5. The zero-order chi connectivity index (χ0) is 17.6. The Morgan fingerprint density at radius 1 is 1.29 bits per heavy atom. The molecule has 24 heavy (non-hydrogen) atoms. The third-order valence-electron chi connectivity index (χ3n) is 3.35. The number of benzene rings is 1. The van der Waals surface area contributed by atoms with Gasteiger partial charge in [0.25, 0.3) is 5.91 Å². The van der Waals surface area contributed by atoms with Crippen LogP contribution in [0.25, 0.3) is 0 Å². The number of hydrogen-bond donors (Lipinski definition) is 3. The number of halogens is 1. The summed E-state index contributed by atoms with van der Waals surface area (Å²) < 4.78 is 0. The number of hydrogen-bond acceptors (Lipinski definition) is 3. The summed E-state index contributed by atoms with van der Waals surface area (Å²) in [6, 6.07) is 6.67. The molecular formula is C17H29ClN4O2. The molecule has 0 saturated heterocycles. The Labute approximate surface area is 150 Å². The summed E-state index contributed by atoms with van der Waals surface area (Å²) in [6.07, 6.45) is 0. The Bertz CT molecular complexity index is 561. The second kappa shape index (κ2) is 9.49. The molecule has 3 amide bonds. The maximum absolute atomic E-state index is 12.5. The molecule has 1 rings (SSSR count). The van der Waals surface area contributed by atoms with Crippen LogP contribution < -0.4 is 16.4 Å². The van der Waals surface area contributed by atoms with Gasteiger partial charge in [-0.1, -0.05) is 19.9 Å². The molecule has 0 aliphatic carbocycles. The maximum Gasteiger partial charge on any atom is 0.319 e. The van der Waals surface area contributed by atoms with E-state index >= 15 is 0 Å². The summed E-state index contributed by atoms with van der Waals surface area (Å²) in [6.45, 7) is 8.87. The molecule has 1 aromatic rings. The highest BCUT2D eigenvalue weighted by atomic mass is 35.5. The van der Waals surface area contributed by atoms with E-state index in [0.717, 1.165) is 0 Å². The standard InChI is InChI=1S/C17H28N4O2.ClH/c1-12(2)19-16(23)20-14-8-6-7-13(9-14)15(22)21(5)11-17(3,4)10-18;/h6-9,12H,10-11,18H2,1-5H3,(H2,19,20,23);1H. The molecule has 4 N–H and O–H groups in total. The first-order valence-electron chi connectivity index (χ1n) is 7.78. The molecule has 0 aliphatic rings. The fourth-order valence-corrected chi connectivity index (χ4v) is 2.16. The van der Waals surface area contributed by atoms with Gasteiger partial charge in [-0.3, -0.25) is 4.79 Å². The molecule has 0 fully saturated rings. The number of amides is 3. The third kappa shape index (κ3) is 7.19. The van der Waals surface area contributed by atoms with Gasteiger partial charge in [0.2, 0.25) is 0 Å². The Kier molecular flexibility index (Phi) is 8.78. The summed E-state index contributed by atoms with van der Waals surface area (Å²) in [5.41, 5.74) is 6.69. The van der Waals surface area contributed by atoms with Gasteiger partial charge < -0.3 is 21.3 Å². The lowest BCUT2D eigenvalue weighted by Crippen LogP contribution is -2.39. The van der Waals surface area contributed by atoms with E-state index in [9.17, 15) is 9.59 Å². The first-order chi connectivity index (χ1) is 10.6. The van der Waals surface area contributed by atoms with Gasteiger partial charge in [-0.25, -0.2) is 4.79 Å². The third-order valence-corrected chi connectivity index (χ3v) is 3.35. The minimum absolute atomic E-state index is 0. The van der Waals surface area contributed by atoms with Gasteiger partial charge in [0.05, 0.1) is 0 Å². The monoisotopic (exact) mass is 356 g/mol. The van der Waals surface area contributed by atoms with E-state index in [1.54, 1.807) is 36.2 Å². The van der Waals surface area contributed by atoms with E-state index in [4.69, 9.17) is 5.73 Å². The number of urea groups is 1. The van der Waals surface area contributed by atoms with Crippen LogP contribution in [0, 0.1) is 5.41 Å². The number of nitrogens with zero attached hydrogens (tertiary/aromatic N) is 1. The molecule has 0 unspecified atom stereocenters. The van der Waals surface area contributed by atoms with Crippen LogP contribution in [0.3, 0.4) is 0 Å². The smallest absolute Gasteiger partial charge is 0.319 e. The summed E-state index contributed by atoms with van der Waals surface area (Å²) in [5, 5.41) is 5.47. The molecular weight excluding hydrogens is 328 g/mol. The predicted molar refractivity (Wildman–Crippen MR) is 101 cm³/mol. The van der Waals surface area contributed by atoms with Crippen molar-refractivity contribution in [1.82, 2.24) is 10.2 Å². The summed E-state index contributed by atoms with van der Waals surface area (Å²) >= 11 is 0. The van der Waals surface area contributed by atoms with Gasteiger partial charge in [-0.05, 0) is 44.0 Å². The number of nitrogens with two attached hydrogens (primary N) is 1. The minimum atomic E-state index is -0.290. The SMILES string of the molecule is CC(C)NC(=O)Nc1cccc(C(=O)N(C)CC(C)(C)CN)c1.Cl. The van der Waals surface area contributed by atoms with E-state index in [2.05, 4.69) is 10.6 Å². The van der Waals surface area contributed by atoms with E-state index in [1.165, 1.54) is 0 Å². The highest BCUT2D eigenvalue weighted by Crippen LogP contribution is 2.17. The van der Waals surface area contributed by atoms with Crippen molar-refractivity contribution in [2.24, 2.45) is 11.1 Å². The molecule has 0 bridgehead atoms. The van der Waals surface area contributed by atoms with Gasteiger partial charge >= 0.3 is 6.03 Å². The number of nitrogens with one attached hydrogen (secondary N) is 2. The Balaban J connectivity index is 0.00000529. The average molecular weight is 357 g/mol. The first-order valence-corrected chi connectivity index (χ1v) is 7.78. The van der Waals surface area contributed by atoms with Crippen LogP contribution in [-0.2, 0) is 0 Å². The number of carbonyl (C=O) groups is 2. The quantitative estimate of drug-likeness (QED) is 0.732. The molecule has 6 nitrogen and oxygen atoms in total. The van der Waals surface area contributed by atoms with Crippen LogP contribution in [0.2, 0.25) is 0 Å². The second-order valence-electron chi connectivity index (χ2n) is 6.86. The molecule has 0 aliphatic heterocycles. The summed E-state index contributed by atoms with van der Waals surface area (Å²) in [7, 11) is 1.76. The Morgan fingerprint density at radius 2 is 1.92 bits per heavy atom. The molecule has 0 aromatic heterocycles. The Morgan fingerprint density at radius 3 is 2.46 bits per heavy atom. The van der Waals surface area contributed by atoms with Gasteiger partial charge in [0.15, 0.2) is 0 Å². The number of anilines is 1. The van der Waals surface area contributed by atoms with Crippen LogP contribution in [0.15, 0.2) is 24.3 Å². The Hall–Kier alpha value is -1.79. The lowest BCUT2D eigenvalue weighted by molar-refractivity contribution is 0.0740. The number of carbonyl (C=O) groups excluding carboxylic acids is 2. The fraction of sp³-hybridized carbons (Fsp3) is 0.529. The van der Waals surface area contributed by atoms with Crippen molar-refractivity contribution >= 4 is 30.0 Å². The van der Waals surface area contributed by atoms with E-state index in [-0.39, 0.29) is 35.8 Å². The molecule has 0 radical (unpaired) electrons.